The minimum absolute atomic E-state index is 0.00208. The van der Waals surface area contributed by atoms with Gasteiger partial charge in [-0.05, 0) is 25.7 Å². The Morgan fingerprint density at radius 1 is 0.875 bits per heavy atom. The molecule has 0 atom stereocenters. The number of hydrogen-bond donors (Lipinski definition) is 3. The molecule has 0 heterocycles. The van der Waals surface area contributed by atoms with Crippen LogP contribution in [0.25, 0.3) is 0 Å². The summed E-state index contributed by atoms with van der Waals surface area (Å²) >= 11 is 0. The van der Waals surface area contributed by atoms with Gasteiger partial charge in [0.1, 0.15) is 0 Å². The molecule has 0 aromatic carbocycles. The molecule has 0 bridgehead atoms. The van der Waals surface area contributed by atoms with Gasteiger partial charge in [0.2, 0.25) is 0 Å². The number of aliphatic hydroxyl groups excluding tert-OH is 2. The van der Waals surface area contributed by atoms with Crippen LogP contribution in [0.5, 0.6) is 0 Å². The number of hydrogen-bond acceptors (Lipinski definition) is 3. The van der Waals surface area contributed by atoms with Crippen molar-refractivity contribution in [3.05, 3.63) is 0 Å². The molecule has 0 unspecified atom stereocenters. The molecule has 16 heavy (non-hydrogen) atoms. The van der Waals surface area contributed by atoms with E-state index in [1.54, 1.807) is 0 Å². The number of nitrogens with one attached hydrogen (secondary N) is 1. The minimum atomic E-state index is -0.435. The van der Waals surface area contributed by atoms with Gasteiger partial charge in [-0.15, -0.1) is 0 Å². The largest absolute Gasteiger partial charge is 0.396 e. The van der Waals surface area contributed by atoms with E-state index >= 15 is 0 Å². The predicted molar refractivity (Wildman–Crippen MR) is 68.4 cm³/mol. The van der Waals surface area contributed by atoms with Gasteiger partial charge in [-0.3, -0.25) is 0 Å². The van der Waals surface area contributed by atoms with E-state index in [2.05, 4.69) is 39.9 Å². The third-order valence-corrected chi connectivity index (χ3v) is 2.73. The quantitative estimate of drug-likeness (QED) is 0.653. The van der Waals surface area contributed by atoms with Gasteiger partial charge in [0, 0.05) is 17.5 Å². The molecule has 0 saturated carbocycles. The molecule has 0 amide bonds. The van der Waals surface area contributed by atoms with Crippen LogP contribution in [-0.4, -0.2) is 35.5 Å². The topological polar surface area (TPSA) is 52.5 Å². The standard InChI is InChI=1S/C13H29NO2/c1-11(2,3)7-12(4,5)14-8-13(6,9-15)10-16/h14-16H,7-10H2,1-6H3. The highest BCUT2D eigenvalue weighted by molar-refractivity contribution is 4.86. The number of rotatable bonds is 6. The van der Waals surface area contributed by atoms with E-state index in [0.29, 0.717) is 6.54 Å². The summed E-state index contributed by atoms with van der Waals surface area (Å²) in [6, 6.07) is 0. The lowest BCUT2D eigenvalue weighted by Crippen LogP contribution is -2.49. The van der Waals surface area contributed by atoms with Gasteiger partial charge in [0.05, 0.1) is 13.2 Å². The molecule has 0 radical (unpaired) electrons. The summed E-state index contributed by atoms with van der Waals surface area (Å²) in [6.45, 7) is 13.5. The van der Waals surface area contributed by atoms with Crippen LogP contribution in [0.3, 0.4) is 0 Å². The van der Waals surface area contributed by atoms with Crippen molar-refractivity contribution in [2.24, 2.45) is 10.8 Å². The predicted octanol–water partition coefficient (Wildman–Crippen LogP) is 1.78. The van der Waals surface area contributed by atoms with E-state index in [1.807, 2.05) is 6.92 Å². The lowest BCUT2D eigenvalue weighted by molar-refractivity contribution is 0.0605. The zero-order valence-electron chi connectivity index (χ0n) is 11.7. The average Bonchev–Trinajstić information content (AvgIpc) is 2.11. The van der Waals surface area contributed by atoms with Crippen molar-refractivity contribution in [3.63, 3.8) is 0 Å². The van der Waals surface area contributed by atoms with E-state index in [1.165, 1.54) is 0 Å². The van der Waals surface area contributed by atoms with Crippen LogP contribution >= 0.6 is 0 Å². The molecule has 3 nitrogen and oxygen atoms in total. The molecule has 3 heteroatoms. The summed E-state index contributed by atoms with van der Waals surface area (Å²) < 4.78 is 0. The zero-order chi connectivity index (χ0) is 13.0. The minimum Gasteiger partial charge on any atom is -0.396 e. The van der Waals surface area contributed by atoms with Crippen LogP contribution in [0.1, 0.15) is 48.0 Å². The molecule has 0 fully saturated rings. The molecule has 98 valence electrons. The van der Waals surface area contributed by atoms with Crippen LogP contribution in [0.4, 0.5) is 0 Å². The monoisotopic (exact) mass is 231 g/mol. The molecule has 0 aliphatic rings. The van der Waals surface area contributed by atoms with Gasteiger partial charge in [-0.1, -0.05) is 27.7 Å². The summed E-state index contributed by atoms with van der Waals surface area (Å²) in [5.74, 6) is 0. The van der Waals surface area contributed by atoms with E-state index in [0.717, 1.165) is 6.42 Å². The third-order valence-electron chi connectivity index (χ3n) is 2.73. The van der Waals surface area contributed by atoms with Crippen LogP contribution in [-0.2, 0) is 0 Å². The maximum Gasteiger partial charge on any atom is 0.0519 e. The molecular formula is C13H29NO2. The fraction of sp³-hybridized carbons (Fsp3) is 1.00. The highest BCUT2D eigenvalue weighted by atomic mass is 16.3. The first-order valence-corrected chi connectivity index (χ1v) is 6.00. The maximum absolute atomic E-state index is 9.21. The fourth-order valence-electron chi connectivity index (χ4n) is 2.00. The smallest absolute Gasteiger partial charge is 0.0519 e. The normalized spacial score (nSPS) is 14.2. The molecule has 0 aliphatic heterocycles. The first-order chi connectivity index (χ1) is 7.04. The Labute approximate surface area is 100 Å². The van der Waals surface area contributed by atoms with Gasteiger partial charge in [0.25, 0.3) is 0 Å². The van der Waals surface area contributed by atoms with E-state index in [9.17, 15) is 10.2 Å². The Hall–Kier alpha value is -0.120. The Morgan fingerprint density at radius 3 is 1.62 bits per heavy atom. The zero-order valence-corrected chi connectivity index (χ0v) is 11.7. The highest BCUT2D eigenvalue weighted by Gasteiger charge is 2.29. The molecule has 0 aromatic heterocycles. The van der Waals surface area contributed by atoms with Crippen molar-refractivity contribution in [3.8, 4) is 0 Å². The Balaban J connectivity index is 4.28. The maximum atomic E-state index is 9.21. The second-order valence-corrected chi connectivity index (χ2v) is 7.10. The van der Waals surface area contributed by atoms with Crippen LogP contribution in [0.2, 0.25) is 0 Å². The first kappa shape index (κ1) is 15.9. The molecule has 0 rings (SSSR count). The molecule has 0 aliphatic carbocycles. The average molecular weight is 231 g/mol. The highest BCUT2D eigenvalue weighted by Crippen LogP contribution is 2.27. The van der Waals surface area contributed by atoms with Crippen molar-refractivity contribution in [1.29, 1.82) is 0 Å². The van der Waals surface area contributed by atoms with Gasteiger partial charge < -0.3 is 15.5 Å². The Morgan fingerprint density at radius 2 is 1.31 bits per heavy atom. The van der Waals surface area contributed by atoms with Gasteiger partial charge >= 0.3 is 0 Å². The second kappa shape index (κ2) is 5.48. The fourth-order valence-corrected chi connectivity index (χ4v) is 2.00. The first-order valence-electron chi connectivity index (χ1n) is 6.00. The van der Waals surface area contributed by atoms with Crippen LogP contribution < -0.4 is 5.32 Å². The molecule has 0 saturated heterocycles. The third kappa shape index (κ3) is 6.46. The summed E-state index contributed by atoms with van der Waals surface area (Å²) in [6.07, 6.45) is 1.05. The Kier molecular flexibility index (Phi) is 5.44. The van der Waals surface area contributed by atoms with Gasteiger partial charge in [-0.25, -0.2) is 0 Å². The molecule has 0 spiro atoms. The SMILES string of the molecule is CC(C)(C)CC(C)(C)NCC(C)(CO)CO. The van der Waals surface area contributed by atoms with Gasteiger partial charge in [-0.2, -0.15) is 0 Å². The van der Waals surface area contributed by atoms with Crippen molar-refractivity contribution in [2.45, 2.75) is 53.5 Å². The van der Waals surface area contributed by atoms with E-state index in [-0.39, 0.29) is 24.2 Å². The molecule has 3 N–H and O–H groups in total. The summed E-state index contributed by atoms with van der Waals surface area (Å²) in [7, 11) is 0. The lowest BCUT2D eigenvalue weighted by atomic mass is 9.81. The van der Waals surface area contributed by atoms with Crippen LogP contribution in [0.15, 0.2) is 0 Å². The van der Waals surface area contributed by atoms with Gasteiger partial charge in [0.15, 0.2) is 0 Å². The Bertz CT molecular complexity index is 202. The summed E-state index contributed by atoms with van der Waals surface area (Å²) in [4.78, 5) is 0. The number of aliphatic hydroxyl groups is 2. The lowest BCUT2D eigenvalue weighted by Gasteiger charge is -2.37. The molecule has 0 aromatic rings. The van der Waals surface area contributed by atoms with E-state index in [4.69, 9.17) is 0 Å². The molecular weight excluding hydrogens is 202 g/mol. The van der Waals surface area contributed by atoms with Crippen molar-refractivity contribution in [1.82, 2.24) is 5.32 Å². The van der Waals surface area contributed by atoms with Crippen molar-refractivity contribution in [2.75, 3.05) is 19.8 Å². The van der Waals surface area contributed by atoms with Crippen molar-refractivity contribution >= 4 is 0 Å². The van der Waals surface area contributed by atoms with Crippen LogP contribution in [0, 0.1) is 10.8 Å². The van der Waals surface area contributed by atoms with E-state index < -0.39 is 5.41 Å². The summed E-state index contributed by atoms with van der Waals surface area (Å²) in [5, 5.41) is 21.9. The summed E-state index contributed by atoms with van der Waals surface area (Å²) in [5.41, 5.74) is -0.148. The van der Waals surface area contributed by atoms with Crippen molar-refractivity contribution < 1.29 is 10.2 Å². The second-order valence-electron chi connectivity index (χ2n) is 7.10.